The van der Waals surface area contributed by atoms with Crippen LogP contribution in [0.2, 0.25) is 0 Å². The molecule has 8 N–H and O–H groups in total. The van der Waals surface area contributed by atoms with Gasteiger partial charge < -0.3 is 45.1 Å². The molecule has 244 valence electrons. The first kappa shape index (κ1) is 38.3. The average molecular weight is 652 g/mol. The van der Waals surface area contributed by atoms with Crippen molar-refractivity contribution in [1.29, 1.82) is 10.8 Å². The number of rotatable bonds is 16. The van der Waals surface area contributed by atoms with E-state index < -0.39 is 0 Å². The van der Waals surface area contributed by atoms with Crippen LogP contribution in [0.4, 0.5) is 9.59 Å². The Labute approximate surface area is 258 Å². The average Bonchev–Trinajstić information content (AvgIpc) is 3.73. The molecule has 0 aliphatic carbocycles. The maximum Gasteiger partial charge on any atom is 0.315 e. The number of nitrogens with one attached hydrogen (secondary N) is 8. The summed E-state index contributed by atoms with van der Waals surface area (Å²) in [6.45, 7) is 4.20. The van der Waals surface area contributed by atoms with Crippen molar-refractivity contribution in [2.75, 3.05) is 79.0 Å². The number of carbonyl (C=O) groups excluding carboxylic acids is 5. The van der Waals surface area contributed by atoms with Gasteiger partial charge in [0.2, 0.25) is 18.6 Å². The number of hydrogen-bond acceptors (Lipinski definition) is 15. The number of methoxy groups -OCH3 is 2. The number of ether oxygens (including phenoxy) is 4. The number of urea groups is 2. The fourth-order valence-corrected chi connectivity index (χ4v) is 7.08. The van der Waals surface area contributed by atoms with Gasteiger partial charge in [0.05, 0.1) is 74.6 Å². The molecule has 43 heavy (non-hydrogen) atoms. The molecule has 4 aliphatic heterocycles. The van der Waals surface area contributed by atoms with Crippen molar-refractivity contribution in [1.82, 2.24) is 36.8 Å². The number of thioether (sulfide) groups is 2. The minimum Gasteiger partial charge on any atom is -0.383 e. The van der Waals surface area contributed by atoms with Gasteiger partial charge in [-0.3, -0.25) is 15.4 Å². The lowest BCUT2D eigenvalue weighted by molar-refractivity contribution is -0.123. The summed E-state index contributed by atoms with van der Waals surface area (Å²) in [5, 5.41) is 29.2. The second kappa shape index (κ2) is 23.7. The fourth-order valence-electron chi connectivity index (χ4n) is 4.27. The second-order valence-electron chi connectivity index (χ2n) is 8.99. The summed E-state index contributed by atoms with van der Waals surface area (Å²) < 4.78 is 20.8. The number of amides is 5. The van der Waals surface area contributed by atoms with E-state index >= 15 is 0 Å². The van der Waals surface area contributed by atoms with E-state index in [0.717, 1.165) is 30.2 Å². The number of hydrogen-bond donors (Lipinski definition) is 8. The molecular formula is C23H41N9O9S2. The molecule has 4 rings (SSSR count). The Morgan fingerprint density at radius 2 is 1.37 bits per heavy atom. The first-order valence-electron chi connectivity index (χ1n) is 13.1. The van der Waals surface area contributed by atoms with E-state index in [-0.39, 0.29) is 48.2 Å². The molecule has 20 heteroatoms. The van der Waals surface area contributed by atoms with Gasteiger partial charge in [0.1, 0.15) is 6.73 Å². The van der Waals surface area contributed by atoms with Gasteiger partial charge in [0.15, 0.2) is 0 Å². The van der Waals surface area contributed by atoms with Crippen molar-refractivity contribution >= 4 is 54.2 Å². The topological polar surface area (TPSA) is 245 Å². The lowest BCUT2D eigenvalue weighted by atomic mass is 10.1. The molecule has 6 atom stereocenters. The van der Waals surface area contributed by atoms with Crippen molar-refractivity contribution < 1.29 is 42.9 Å². The van der Waals surface area contributed by atoms with Gasteiger partial charge in [-0.2, -0.15) is 23.5 Å². The quantitative estimate of drug-likeness (QED) is 0.0223. The largest absolute Gasteiger partial charge is 0.383 e. The van der Waals surface area contributed by atoms with Crippen molar-refractivity contribution in [3.8, 4) is 0 Å². The Morgan fingerprint density at radius 1 is 0.884 bits per heavy atom. The molecule has 0 aromatic rings. The van der Waals surface area contributed by atoms with E-state index in [4.69, 9.17) is 39.4 Å². The second-order valence-corrected chi connectivity index (χ2v) is 11.5. The highest BCUT2D eigenvalue weighted by molar-refractivity contribution is 8.00. The van der Waals surface area contributed by atoms with Crippen molar-refractivity contribution in [2.45, 2.75) is 34.7 Å². The van der Waals surface area contributed by atoms with E-state index in [1.54, 1.807) is 18.9 Å². The van der Waals surface area contributed by atoms with Crippen LogP contribution < -0.4 is 31.9 Å². The molecule has 0 aromatic carbocycles. The predicted molar refractivity (Wildman–Crippen MR) is 157 cm³/mol. The molecule has 0 bridgehead atoms. The number of nitrogens with zero attached hydrogens (tertiary/aromatic N) is 1. The lowest BCUT2D eigenvalue weighted by Crippen LogP contribution is -2.40. The number of isocyanates is 2. The Bertz CT molecular complexity index is 886. The van der Waals surface area contributed by atoms with Crippen LogP contribution in [0.25, 0.3) is 0 Å². The molecule has 0 saturated carbocycles. The van der Waals surface area contributed by atoms with Crippen LogP contribution >= 0.6 is 23.5 Å². The van der Waals surface area contributed by atoms with Gasteiger partial charge >= 0.3 is 12.1 Å². The third-order valence-corrected chi connectivity index (χ3v) is 8.91. The zero-order valence-corrected chi connectivity index (χ0v) is 25.7. The normalized spacial score (nSPS) is 25.6. The molecular weight excluding hydrogens is 610 g/mol. The number of carbonyl (C=O) groups is 3. The minimum absolute atomic E-state index is 0.0523. The highest BCUT2D eigenvalue weighted by Gasteiger charge is 2.44. The standard InChI is InChI=1S/C11H20N4O4S.C10H19N3O3S.2CHNO/c1-18-7-15(6-16)4-12-5-19-2-9-10-8(3-20-9)13-11(17)14-10;1-15-3-2-11-6-16-4-8-9-7(5-17-8)12-10(14)13-9;2*2-1-3/h6,8-10,12H,2-5,7H2,1H3,(H2,13,14,17);7-9,11H,2-6H2,1H3,(H2,12,13,14);2*2H. The summed E-state index contributed by atoms with van der Waals surface area (Å²) in [7, 11) is 3.21. The van der Waals surface area contributed by atoms with Crippen LogP contribution in [0.1, 0.15) is 0 Å². The molecule has 18 nitrogen and oxygen atoms in total. The SMILES string of the molecule is COCCNCOCC1SCC2NC(=O)NC21.COCN(C=O)CNCOCC1SCC2NC(=O)NC21.N=C=O.N=C=O. The fraction of sp³-hybridized carbons (Fsp3) is 0.783. The molecule has 5 amide bonds. The number of fused-ring (bicyclic) bond motifs is 2. The van der Waals surface area contributed by atoms with E-state index in [1.807, 2.05) is 11.8 Å². The predicted octanol–water partition coefficient (Wildman–Crippen LogP) is -2.10. The maximum absolute atomic E-state index is 11.2. The van der Waals surface area contributed by atoms with E-state index in [9.17, 15) is 14.4 Å². The molecule has 4 fully saturated rings. The summed E-state index contributed by atoms with van der Waals surface area (Å²) in [4.78, 5) is 51.1. The van der Waals surface area contributed by atoms with E-state index in [1.165, 1.54) is 12.0 Å². The van der Waals surface area contributed by atoms with Gasteiger partial charge in [0.25, 0.3) is 0 Å². The van der Waals surface area contributed by atoms with Crippen LogP contribution in [0, 0.1) is 10.8 Å². The van der Waals surface area contributed by atoms with Gasteiger partial charge in [-0.1, -0.05) is 0 Å². The summed E-state index contributed by atoms with van der Waals surface area (Å²) in [5.74, 6) is 1.88. The van der Waals surface area contributed by atoms with E-state index in [2.05, 4.69) is 31.9 Å². The third-order valence-electron chi connectivity index (χ3n) is 6.09. The van der Waals surface area contributed by atoms with Gasteiger partial charge in [0, 0.05) is 32.3 Å². The van der Waals surface area contributed by atoms with Crippen LogP contribution in [0.3, 0.4) is 0 Å². The highest BCUT2D eigenvalue weighted by Crippen LogP contribution is 2.30. The molecule has 4 saturated heterocycles. The molecule has 4 aliphatic rings. The van der Waals surface area contributed by atoms with Gasteiger partial charge in [-0.15, -0.1) is 0 Å². The maximum atomic E-state index is 11.2. The van der Waals surface area contributed by atoms with Crippen molar-refractivity contribution in [3.05, 3.63) is 0 Å². The summed E-state index contributed by atoms with van der Waals surface area (Å²) in [6, 6.07) is 0.691. The van der Waals surface area contributed by atoms with Crippen LogP contribution in [-0.4, -0.2) is 149 Å². The highest BCUT2D eigenvalue weighted by atomic mass is 32.2. The summed E-state index contributed by atoms with van der Waals surface area (Å²) in [6.07, 6.45) is 2.22. The molecule has 0 spiro atoms. The Morgan fingerprint density at radius 3 is 1.81 bits per heavy atom. The van der Waals surface area contributed by atoms with Crippen molar-refractivity contribution in [3.63, 3.8) is 0 Å². The van der Waals surface area contributed by atoms with Crippen LogP contribution in [0.5, 0.6) is 0 Å². The molecule has 4 heterocycles. The van der Waals surface area contributed by atoms with Gasteiger partial charge in [-0.05, 0) is 0 Å². The minimum atomic E-state index is -0.0929. The lowest BCUT2D eigenvalue weighted by Gasteiger charge is -2.19. The molecule has 0 radical (unpaired) electrons. The third kappa shape index (κ3) is 15.0. The Kier molecular flexibility index (Phi) is 21.0. The molecule has 0 aromatic heterocycles. The first-order valence-corrected chi connectivity index (χ1v) is 15.2. The summed E-state index contributed by atoms with van der Waals surface area (Å²) >= 11 is 3.65. The van der Waals surface area contributed by atoms with E-state index in [0.29, 0.717) is 51.6 Å². The zero-order valence-electron chi connectivity index (χ0n) is 24.1. The van der Waals surface area contributed by atoms with Gasteiger partial charge in [-0.25, -0.2) is 30.0 Å². The van der Waals surface area contributed by atoms with Crippen molar-refractivity contribution in [2.24, 2.45) is 0 Å². The first-order chi connectivity index (χ1) is 20.9. The molecule has 6 unspecified atom stereocenters. The van der Waals surface area contributed by atoms with Crippen LogP contribution in [-0.2, 0) is 33.3 Å². The monoisotopic (exact) mass is 651 g/mol. The van der Waals surface area contributed by atoms with Crippen LogP contribution in [0.15, 0.2) is 0 Å². The zero-order chi connectivity index (χ0) is 31.9. The Hall–Kier alpha value is -2.77. The Balaban J connectivity index is 0.000000367. The smallest absolute Gasteiger partial charge is 0.315 e. The summed E-state index contributed by atoms with van der Waals surface area (Å²) in [5.41, 5.74) is 0.